The Bertz CT molecular complexity index is 1040. The van der Waals surface area contributed by atoms with Crippen LogP contribution in [0.5, 0.6) is 0 Å². The van der Waals surface area contributed by atoms with Gasteiger partial charge in [-0.2, -0.15) is 5.10 Å². The van der Waals surface area contributed by atoms with Gasteiger partial charge in [-0.05, 0) is 32.8 Å². The number of hydrogen-bond donors (Lipinski definition) is 1. The van der Waals surface area contributed by atoms with Crippen LogP contribution in [0.3, 0.4) is 0 Å². The van der Waals surface area contributed by atoms with Gasteiger partial charge < -0.3 is 10.0 Å². The molecular weight excluding hydrogens is 356 g/mol. The number of amides is 1. The molecule has 0 aliphatic carbocycles. The van der Waals surface area contributed by atoms with Crippen LogP contribution in [0, 0.1) is 0 Å². The van der Waals surface area contributed by atoms with Gasteiger partial charge in [0.15, 0.2) is 5.65 Å². The zero-order valence-electron chi connectivity index (χ0n) is 15.9. The molecule has 7 nitrogen and oxygen atoms in total. The third-order valence-corrected chi connectivity index (χ3v) is 5.15. The number of rotatable bonds is 4. The lowest BCUT2D eigenvalue weighted by Crippen LogP contribution is -2.40. The van der Waals surface area contributed by atoms with Crippen LogP contribution in [0.4, 0.5) is 0 Å². The van der Waals surface area contributed by atoms with Crippen LogP contribution >= 0.6 is 0 Å². The summed E-state index contributed by atoms with van der Waals surface area (Å²) in [6.45, 7) is 4.45. The van der Waals surface area contributed by atoms with Crippen LogP contribution in [0.1, 0.15) is 43.1 Å². The van der Waals surface area contributed by atoms with E-state index in [0.29, 0.717) is 41.7 Å². The summed E-state index contributed by atoms with van der Waals surface area (Å²) in [6, 6.07) is 10.7. The highest BCUT2D eigenvalue weighted by Gasteiger charge is 2.35. The number of carbonyl (C=O) groups is 2. The second kappa shape index (κ2) is 7.07. The number of aliphatic carboxylic acids is 1. The van der Waals surface area contributed by atoms with Crippen molar-refractivity contribution in [2.45, 2.75) is 38.8 Å². The van der Waals surface area contributed by atoms with Crippen LogP contribution in [-0.4, -0.2) is 49.2 Å². The van der Waals surface area contributed by atoms with Gasteiger partial charge in [0.05, 0.1) is 22.8 Å². The first kappa shape index (κ1) is 18.2. The number of carbonyl (C=O) groups excluding carboxylic acids is 1. The smallest absolute Gasteiger partial charge is 0.326 e. The van der Waals surface area contributed by atoms with E-state index in [4.69, 9.17) is 4.98 Å². The Hall–Kier alpha value is -3.22. The Kier molecular flexibility index (Phi) is 4.58. The van der Waals surface area contributed by atoms with Crippen molar-refractivity contribution in [2.24, 2.45) is 0 Å². The number of carboxylic acid groups (broad SMARTS) is 1. The van der Waals surface area contributed by atoms with Crippen LogP contribution in [0.15, 0.2) is 42.6 Å². The van der Waals surface area contributed by atoms with E-state index in [1.54, 1.807) is 16.9 Å². The molecule has 3 heterocycles. The van der Waals surface area contributed by atoms with E-state index in [0.717, 1.165) is 5.56 Å². The molecule has 0 spiro atoms. The van der Waals surface area contributed by atoms with E-state index >= 15 is 0 Å². The molecule has 1 aromatic carbocycles. The van der Waals surface area contributed by atoms with Gasteiger partial charge in [0.1, 0.15) is 6.04 Å². The number of pyridine rings is 1. The highest BCUT2D eigenvalue weighted by atomic mass is 16.4. The molecular formula is C21H22N4O3. The van der Waals surface area contributed by atoms with Crippen molar-refractivity contribution in [1.29, 1.82) is 0 Å². The van der Waals surface area contributed by atoms with E-state index in [1.807, 2.05) is 44.2 Å². The second-order valence-electron chi connectivity index (χ2n) is 7.34. The molecule has 1 aliphatic rings. The lowest BCUT2D eigenvalue weighted by molar-refractivity contribution is -0.141. The maximum absolute atomic E-state index is 13.3. The number of benzene rings is 1. The molecule has 2 aromatic heterocycles. The predicted octanol–water partition coefficient (Wildman–Crippen LogP) is 3.37. The Morgan fingerprint density at radius 1 is 1.21 bits per heavy atom. The number of aromatic nitrogens is 3. The van der Waals surface area contributed by atoms with Crippen LogP contribution in [0.25, 0.3) is 22.3 Å². The Morgan fingerprint density at radius 3 is 2.64 bits per heavy atom. The molecule has 144 valence electrons. The monoisotopic (exact) mass is 378 g/mol. The van der Waals surface area contributed by atoms with Gasteiger partial charge in [-0.25, -0.2) is 14.5 Å². The minimum absolute atomic E-state index is 0.0810. The molecule has 0 radical (unpaired) electrons. The summed E-state index contributed by atoms with van der Waals surface area (Å²) >= 11 is 0. The maximum atomic E-state index is 13.3. The SMILES string of the molecule is CC(C)n1ncc2c(C(=O)N3CCCC3C(=O)O)cc(-c3ccccc3)nc21. The Morgan fingerprint density at radius 2 is 1.96 bits per heavy atom. The third kappa shape index (κ3) is 3.02. The highest BCUT2D eigenvalue weighted by molar-refractivity contribution is 6.07. The van der Waals surface area contributed by atoms with Crippen LogP contribution in [-0.2, 0) is 4.79 Å². The van der Waals surface area contributed by atoms with Gasteiger partial charge in [0.25, 0.3) is 5.91 Å². The van der Waals surface area contributed by atoms with Gasteiger partial charge in [-0.15, -0.1) is 0 Å². The summed E-state index contributed by atoms with van der Waals surface area (Å²) in [7, 11) is 0. The fraction of sp³-hybridized carbons (Fsp3) is 0.333. The van der Waals surface area contributed by atoms with Crippen molar-refractivity contribution in [3.8, 4) is 11.3 Å². The number of nitrogens with zero attached hydrogens (tertiary/aromatic N) is 4. The summed E-state index contributed by atoms with van der Waals surface area (Å²) in [4.78, 5) is 31.1. The van der Waals surface area contributed by atoms with E-state index in [1.165, 1.54) is 4.90 Å². The van der Waals surface area contributed by atoms with E-state index in [9.17, 15) is 14.7 Å². The molecule has 1 fully saturated rings. The average molecular weight is 378 g/mol. The lowest BCUT2D eigenvalue weighted by atomic mass is 10.1. The molecule has 28 heavy (non-hydrogen) atoms. The fourth-order valence-corrected chi connectivity index (χ4v) is 3.75. The van der Waals surface area contributed by atoms with Crippen molar-refractivity contribution in [3.05, 3.63) is 48.2 Å². The summed E-state index contributed by atoms with van der Waals surface area (Å²) in [5.74, 6) is -1.24. The number of hydrogen-bond acceptors (Lipinski definition) is 4. The molecule has 3 aromatic rings. The standard InChI is InChI=1S/C21H22N4O3/c1-13(2)25-19-16(12-22-25)15(11-17(23-19)14-7-4-3-5-8-14)20(26)24-10-6-9-18(24)21(27)28/h3-5,7-8,11-13,18H,6,9-10H2,1-2H3,(H,27,28). The second-order valence-corrected chi connectivity index (χ2v) is 7.34. The van der Waals surface area contributed by atoms with Crippen molar-refractivity contribution in [3.63, 3.8) is 0 Å². The fourth-order valence-electron chi connectivity index (χ4n) is 3.75. The predicted molar refractivity (Wildman–Crippen MR) is 105 cm³/mol. The summed E-state index contributed by atoms with van der Waals surface area (Å²) < 4.78 is 1.79. The summed E-state index contributed by atoms with van der Waals surface area (Å²) in [6.07, 6.45) is 2.82. The molecule has 4 rings (SSSR count). The minimum atomic E-state index is -0.961. The topological polar surface area (TPSA) is 88.3 Å². The summed E-state index contributed by atoms with van der Waals surface area (Å²) in [5.41, 5.74) is 2.64. The van der Waals surface area contributed by atoms with Gasteiger partial charge in [-0.3, -0.25) is 4.79 Å². The van der Waals surface area contributed by atoms with Gasteiger partial charge in [-0.1, -0.05) is 30.3 Å². The van der Waals surface area contributed by atoms with Crippen molar-refractivity contribution >= 4 is 22.9 Å². The van der Waals surface area contributed by atoms with Crippen LogP contribution < -0.4 is 0 Å². The molecule has 1 unspecified atom stereocenters. The Labute approximate surface area is 162 Å². The maximum Gasteiger partial charge on any atom is 0.326 e. The molecule has 7 heteroatoms. The van der Waals surface area contributed by atoms with E-state index in [-0.39, 0.29) is 11.9 Å². The quantitative estimate of drug-likeness (QED) is 0.752. The minimum Gasteiger partial charge on any atom is -0.480 e. The first-order valence-corrected chi connectivity index (χ1v) is 9.45. The lowest BCUT2D eigenvalue weighted by Gasteiger charge is -2.22. The van der Waals surface area contributed by atoms with Gasteiger partial charge >= 0.3 is 5.97 Å². The summed E-state index contributed by atoms with van der Waals surface area (Å²) in [5, 5.41) is 14.5. The zero-order chi connectivity index (χ0) is 19.8. The molecule has 1 atom stereocenters. The van der Waals surface area contributed by atoms with Crippen LogP contribution in [0.2, 0.25) is 0 Å². The third-order valence-electron chi connectivity index (χ3n) is 5.15. The molecule has 1 N–H and O–H groups in total. The molecule has 0 saturated carbocycles. The van der Waals surface area contributed by atoms with Gasteiger partial charge in [0.2, 0.25) is 0 Å². The first-order valence-electron chi connectivity index (χ1n) is 9.45. The van der Waals surface area contributed by atoms with E-state index in [2.05, 4.69) is 5.10 Å². The van der Waals surface area contributed by atoms with Crippen molar-refractivity contribution in [1.82, 2.24) is 19.7 Å². The zero-order valence-corrected chi connectivity index (χ0v) is 15.9. The van der Waals surface area contributed by atoms with Crippen molar-refractivity contribution < 1.29 is 14.7 Å². The molecule has 1 aliphatic heterocycles. The molecule has 1 amide bonds. The Balaban J connectivity index is 1.89. The largest absolute Gasteiger partial charge is 0.480 e. The molecule has 1 saturated heterocycles. The number of carboxylic acids is 1. The molecule has 0 bridgehead atoms. The van der Waals surface area contributed by atoms with Gasteiger partial charge in [0, 0.05) is 18.2 Å². The normalized spacial score (nSPS) is 16.8. The number of likely N-dealkylation sites (tertiary alicyclic amines) is 1. The van der Waals surface area contributed by atoms with E-state index < -0.39 is 12.0 Å². The first-order chi connectivity index (χ1) is 13.5. The highest BCUT2D eigenvalue weighted by Crippen LogP contribution is 2.29. The average Bonchev–Trinajstić information content (AvgIpc) is 3.34. The van der Waals surface area contributed by atoms with Crippen molar-refractivity contribution in [2.75, 3.05) is 6.54 Å². The number of fused-ring (bicyclic) bond motifs is 1.